The Morgan fingerprint density at radius 2 is 2.05 bits per heavy atom. The lowest BCUT2D eigenvalue weighted by molar-refractivity contribution is -0.149. The number of hydrogen-bond acceptors (Lipinski definition) is 3. The molecule has 0 aliphatic carbocycles. The first kappa shape index (κ1) is 13.9. The minimum absolute atomic E-state index is 0.0478. The zero-order valence-corrected chi connectivity index (χ0v) is 11.4. The van der Waals surface area contributed by atoms with Crippen LogP contribution in [0.15, 0.2) is 30.3 Å². The number of hydrogen-bond donors (Lipinski definition) is 1. The summed E-state index contributed by atoms with van der Waals surface area (Å²) in [6, 6.07) is 8.70. The van der Waals surface area contributed by atoms with E-state index in [0.717, 1.165) is 17.1 Å². The standard InChI is InChI=1S/C14H17NO3S/c16-13-6-8-19-9-7-15(13)12(14(17)18)10-11-4-2-1-3-5-11/h1-5,12H,6-10H2,(H,17,18). The van der Waals surface area contributed by atoms with Crippen molar-refractivity contribution in [3.63, 3.8) is 0 Å². The lowest BCUT2D eigenvalue weighted by atomic mass is 10.0. The summed E-state index contributed by atoms with van der Waals surface area (Å²) in [5, 5.41) is 9.40. The molecule has 1 saturated heterocycles. The molecule has 1 aliphatic heterocycles. The summed E-state index contributed by atoms with van der Waals surface area (Å²) in [6.45, 7) is 0.521. The highest BCUT2D eigenvalue weighted by atomic mass is 32.2. The maximum Gasteiger partial charge on any atom is 0.326 e. The molecule has 1 heterocycles. The van der Waals surface area contributed by atoms with E-state index in [1.54, 1.807) is 11.8 Å². The Balaban J connectivity index is 2.15. The van der Waals surface area contributed by atoms with Gasteiger partial charge < -0.3 is 10.0 Å². The van der Waals surface area contributed by atoms with Gasteiger partial charge >= 0.3 is 5.97 Å². The third-order valence-electron chi connectivity index (χ3n) is 3.19. The molecular weight excluding hydrogens is 262 g/mol. The maximum absolute atomic E-state index is 12.0. The molecule has 1 aliphatic rings. The molecule has 1 N–H and O–H groups in total. The van der Waals surface area contributed by atoms with E-state index < -0.39 is 12.0 Å². The molecule has 2 rings (SSSR count). The van der Waals surface area contributed by atoms with Crippen molar-refractivity contribution in [2.75, 3.05) is 18.1 Å². The van der Waals surface area contributed by atoms with Gasteiger partial charge in [-0.3, -0.25) is 4.79 Å². The Hall–Kier alpha value is -1.49. The first-order valence-electron chi connectivity index (χ1n) is 6.32. The molecule has 1 amide bonds. The number of benzene rings is 1. The molecule has 1 unspecified atom stereocenters. The second-order valence-corrected chi connectivity index (χ2v) is 5.72. The van der Waals surface area contributed by atoms with Crippen LogP contribution in [0.3, 0.4) is 0 Å². The molecule has 0 radical (unpaired) electrons. The molecule has 1 aromatic carbocycles. The lowest BCUT2D eigenvalue weighted by Gasteiger charge is -2.27. The number of nitrogens with zero attached hydrogens (tertiary/aromatic N) is 1. The van der Waals surface area contributed by atoms with Gasteiger partial charge in [0.15, 0.2) is 0 Å². The van der Waals surface area contributed by atoms with Crippen LogP contribution in [0.2, 0.25) is 0 Å². The first-order chi connectivity index (χ1) is 9.18. The predicted octanol–water partition coefficient (Wildman–Crippen LogP) is 1.65. The van der Waals surface area contributed by atoms with Crippen LogP contribution in [-0.2, 0) is 16.0 Å². The Morgan fingerprint density at radius 1 is 1.32 bits per heavy atom. The zero-order valence-electron chi connectivity index (χ0n) is 10.6. The second kappa shape index (κ2) is 6.61. The van der Waals surface area contributed by atoms with Crippen LogP contribution in [0, 0.1) is 0 Å². The van der Waals surface area contributed by atoms with E-state index in [2.05, 4.69) is 0 Å². The van der Waals surface area contributed by atoms with E-state index in [9.17, 15) is 14.7 Å². The Labute approximate surface area is 116 Å². The zero-order chi connectivity index (χ0) is 13.7. The van der Waals surface area contributed by atoms with E-state index in [4.69, 9.17) is 0 Å². The fourth-order valence-corrected chi connectivity index (χ4v) is 3.04. The maximum atomic E-state index is 12.0. The summed E-state index contributed by atoms with van der Waals surface area (Å²) in [5.41, 5.74) is 0.944. The average Bonchev–Trinajstić information content (AvgIpc) is 2.62. The Bertz CT molecular complexity index is 449. The summed E-state index contributed by atoms with van der Waals surface area (Å²) >= 11 is 1.70. The molecule has 19 heavy (non-hydrogen) atoms. The molecule has 5 heteroatoms. The fourth-order valence-electron chi connectivity index (χ4n) is 2.19. The van der Waals surface area contributed by atoms with Crippen molar-refractivity contribution in [1.29, 1.82) is 0 Å². The highest BCUT2D eigenvalue weighted by molar-refractivity contribution is 7.99. The number of rotatable bonds is 4. The average molecular weight is 279 g/mol. The van der Waals surface area contributed by atoms with Crippen LogP contribution in [0.1, 0.15) is 12.0 Å². The third-order valence-corrected chi connectivity index (χ3v) is 4.15. The molecule has 0 saturated carbocycles. The highest BCUT2D eigenvalue weighted by Crippen LogP contribution is 2.17. The number of aliphatic carboxylic acids is 1. The Kier molecular flexibility index (Phi) is 4.85. The molecule has 0 bridgehead atoms. The summed E-state index contributed by atoms with van der Waals surface area (Å²) in [6.07, 6.45) is 0.801. The van der Waals surface area contributed by atoms with E-state index in [1.165, 1.54) is 4.90 Å². The first-order valence-corrected chi connectivity index (χ1v) is 7.48. The van der Waals surface area contributed by atoms with Crippen LogP contribution in [0.25, 0.3) is 0 Å². The minimum Gasteiger partial charge on any atom is -0.480 e. The third kappa shape index (κ3) is 3.73. The number of carbonyl (C=O) groups is 2. The molecule has 1 atom stereocenters. The van der Waals surface area contributed by atoms with Crippen LogP contribution < -0.4 is 0 Å². The molecule has 1 aromatic rings. The van der Waals surface area contributed by atoms with Gasteiger partial charge in [-0.2, -0.15) is 11.8 Å². The highest BCUT2D eigenvalue weighted by Gasteiger charge is 2.30. The summed E-state index contributed by atoms with van der Waals surface area (Å²) < 4.78 is 0. The van der Waals surface area contributed by atoms with Crippen molar-refractivity contribution in [3.05, 3.63) is 35.9 Å². The van der Waals surface area contributed by atoms with E-state index >= 15 is 0 Å². The number of carbonyl (C=O) groups excluding carboxylic acids is 1. The second-order valence-electron chi connectivity index (χ2n) is 4.49. The smallest absolute Gasteiger partial charge is 0.326 e. The van der Waals surface area contributed by atoms with E-state index in [-0.39, 0.29) is 5.91 Å². The summed E-state index contributed by atoms with van der Waals surface area (Å²) in [7, 11) is 0. The van der Waals surface area contributed by atoms with Crippen LogP contribution in [0.4, 0.5) is 0 Å². The van der Waals surface area contributed by atoms with Crippen LogP contribution in [-0.4, -0.2) is 46.0 Å². The van der Waals surface area contributed by atoms with Gasteiger partial charge in [-0.05, 0) is 5.56 Å². The van der Waals surface area contributed by atoms with Gasteiger partial charge in [0.25, 0.3) is 0 Å². The van der Waals surface area contributed by atoms with Crippen molar-refractivity contribution in [1.82, 2.24) is 4.90 Å². The van der Waals surface area contributed by atoms with Crippen molar-refractivity contribution in [2.24, 2.45) is 0 Å². The summed E-state index contributed by atoms with van der Waals surface area (Å²) in [5.74, 6) is 0.620. The molecule has 0 spiro atoms. The van der Waals surface area contributed by atoms with Gasteiger partial charge in [0.2, 0.25) is 5.91 Å². The molecular formula is C14H17NO3S. The van der Waals surface area contributed by atoms with Crippen molar-refractivity contribution in [3.8, 4) is 0 Å². The van der Waals surface area contributed by atoms with Gasteiger partial charge in [0, 0.05) is 30.9 Å². The van der Waals surface area contributed by atoms with Crippen molar-refractivity contribution in [2.45, 2.75) is 18.9 Å². The number of thioether (sulfide) groups is 1. The predicted molar refractivity (Wildman–Crippen MR) is 75.2 cm³/mol. The molecule has 1 fully saturated rings. The normalized spacial score (nSPS) is 17.9. The van der Waals surface area contributed by atoms with Crippen molar-refractivity contribution >= 4 is 23.6 Å². The number of carboxylic acids is 1. The van der Waals surface area contributed by atoms with Gasteiger partial charge in [0.1, 0.15) is 6.04 Å². The largest absolute Gasteiger partial charge is 0.480 e. The quantitative estimate of drug-likeness (QED) is 0.910. The topological polar surface area (TPSA) is 57.6 Å². The van der Waals surface area contributed by atoms with Gasteiger partial charge in [0.05, 0.1) is 0 Å². The van der Waals surface area contributed by atoms with Crippen molar-refractivity contribution < 1.29 is 14.7 Å². The molecule has 102 valence electrons. The molecule has 4 nitrogen and oxygen atoms in total. The number of amides is 1. The van der Waals surface area contributed by atoms with E-state index in [1.807, 2.05) is 30.3 Å². The van der Waals surface area contributed by atoms with Gasteiger partial charge in [-0.15, -0.1) is 0 Å². The molecule has 0 aromatic heterocycles. The number of carboxylic acid groups (broad SMARTS) is 1. The lowest BCUT2D eigenvalue weighted by Crippen LogP contribution is -2.46. The fraction of sp³-hybridized carbons (Fsp3) is 0.429. The monoisotopic (exact) mass is 279 g/mol. The minimum atomic E-state index is -0.927. The van der Waals surface area contributed by atoms with Gasteiger partial charge in [-0.1, -0.05) is 30.3 Å². The SMILES string of the molecule is O=C(O)C(Cc1ccccc1)N1CCSCCC1=O. The van der Waals surface area contributed by atoms with E-state index in [0.29, 0.717) is 19.4 Å². The van der Waals surface area contributed by atoms with Crippen LogP contribution in [0.5, 0.6) is 0 Å². The van der Waals surface area contributed by atoms with Gasteiger partial charge in [-0.25, -0.2) is 4.79 Å². The van der Waals surface area contributed by atoms with Crippen LogP contribution >= 0.6 is 11.8 Å². The summed E-state index contributed by atoms with van der Waals surface area (Å²) in [4.78, 5) is 25.0. The Morgan fingerprint density at radius 3 is 2.74 bits per heavy atom.